The van der Waals surface area contributed by atoms with Crippen LogP contribution in [0.3, 0.4) is 0 Å². The molecule has 0 bridgehead atoms. The lowest BCUT2D eigenvalue weighted by Crippen LogP contribution is -1.98. The number of nitrogens with two attached hydrogens (primary N) is 1. The second-order valence-electron chi connectivity index (χ2n) is 3.79. The van der Waals surface area contributed by atoms with Gasteiger partial charge in [-0.1, -0.05) is 0 Å². The SMILES string of the molecule is COc1ccc(OC)c(-c2cc(N)nc(C)n2)c1. The highest BCUT2D eigenvalue weighted by molar-refractivity contribution is 5.70. The Morgan fingerprint density at radius 3 is 2.44 bits per heavy atom. The number of anilines is 1. The molecule has 0 atom stereocenters. The topological polar surface area (TPSA) is 70.3 Å². The van der Waals surface area contributed by atoms with Gasteiger partial charge >= 0.3 is 0 Å². The minimum Gasteiger partial charge on any atom is -0.497 e. The highest BCUT2D eigenvalue weighted by atomic mass is 16.5. The van der Waals surface area contributed by atoms with E-state index in [9.17, 15) is 0 Å². The van der Waals surface area contributed by atoms with Crippen LogP contribution in [-0.2, 0) is 0 Å². The molecule has 0 spiro atoms. The van der Waals surface area contributed by atoms with Crippen LogP contribution in [0.5, 0.6) is 11.5 Å². The summed E-state index contributed by atoms with van der Waals surface area (Å²) in [6, 6.07) is 7.24. The van der Waals surface area contributed by atoms with Gasteiger partial charge < -0.3 is 15.2 Å². The summed E-state index contributed by atoms with van der Waals surface area (Å²) in [5.41, 5.74) is 7.28. The van der Waals surface area contributed by atoms with Crippen molar-refractivity contribution in [3.8, 4) is 22.8 Å². The van der Waals surface area contributed by atoms with Crippen molar-refractivity contribution < 1.29 is 9.47 Å². The fourth-order valence-electron chi connectivity index (χ4n) is 1.74. The van der Waals surface area contributed by atoms with Crippen molar-refractivity contribution in [1.29, 1.82) is 0 Å². The Bertz CT molecular complexity index is 550. The fourth-order valence-corrected chi connectivity index (χ4v) is 1.74. The number of nitrogens with zero attached hydrogens (tertiary/aromatic N) is 2. The average molecular weight is 245 g/mol. The molecule has 0 saturated heterocycles. The Labute approximate surface area is 106 Å². The van der Waals surface area contributed by atoms with E-state index in [0.29, 0.717) is 17.4 Å². The first-order valence-electron chi connectivity index (χ1n) is 5.47. The van der Waals surface area contributed by atoms with Crippen LogP contribution in [0.2, 0.25) is 0 Å². The third-order valence-electron chi connectivity index (χ3n) is 2.54. The quantitative estimate of drug-likeness (QED) is 0.896. The van der Waals surface area contributed by atoms with E-state index < -0.39 is 0 Å². The van der Waals surface area contributed by atoms with E-state index in [1.165, 1.54) is 0 Å². The van der Waals surface area contributed by atoms with Gasteiger partial charge in [0.15, 0.2) is 0 Å². The van der Waals surface area contributed by atoms with Crippen LogP contribution in [0.15, 0.2) is 24.3 Å². The number of hydrogen-bond acceptors (Lipinski definition) is 5. The first-order chi connectivity index (χ1) is 8.63. The van der Waals surface area contributed by atoms with E-state index in [2.05, 4.69) is 9.97 Å². The van der Waals surface area contributed by atoms with E-state index in [4.69, 9.17) is 15.2 Å². The summed E-state index contributed by atoms with van der Waals surface area (Å²) < 4.78 is 10.5. The highest BCUT2D eigenvalue weighted by Crippen LogP contribution is 2.32. The molecule has 1 aromatic heterocycles. The average Bonchev–Trinajstić information content (AvgIpc) is 2.36. The molecule has 2 N–H and O–H groups in total. The summed E-state index contributed by atoms with van der Waals surface area (Å²) in [4.78, 5) is 8.41. The molecular formula is C13H15N3O2. The lowest BCUT2D eigenvalue weighted by Gasteiger charge is -2.10. The zero-order valence-electron chi connectivity index (χ0n) is 10.6. The first-order valence-corrected chi connectivity index (χ1v) is 5.47. The van der Waals surface area contributed by atoms with Crippen LogP contribution in [-0.4, -0.2) is 24.2 Å². The largest absolute Gasteiger partial charge is 0.497 e. The van der Waals surface area contributed by atoms with Crippen molar-refractivity contribution in [3.05, 3.63) is 30.1 Å². The molecule has 0 aliphatic carbocycles. The van der Waals surface area contributed by atoms with Crippen molar-refractivity contribution in [2.45, 2.75) is 6.92 Å². The number of nitrogen functional groups attached to an aromatic ring is 1. The number of ether oxygens (including phenoxy) is 2. The molecule has 0 radical (unpaired) electrons. The van der Waals surface area contributed by atoms with Crippen molar-refractivity contribution in [2.75, 3.05) is 20.0 Å². The van der Waals surface area contributed by atoms with Gasteiger partial charge in [0.05, 0.1) is 19.9 Å². The van der Waals surface area contributed by atoms with Crippen LogP contribution >= 0.6 is 0 Å². The molecule has 0 aliphatic rings. The Kier molecular flexibility index (Phi) is 3.32. The molecule has 0 saturated carbocycles. The van der Waals surface area contributed by atoms with E-state index in [-0.39, 0.29) is 0 Å². The minimum atomic E-state index is 0.433. The van der Waals surface area contributed by atoms with E-state index in [0.717, 1.165) is 17.0 Å². The predicted molar refractivity (Wildman–Crippen MR) is 69.7 cm³/mol. The van der Waals surface area contributed by atoms with Gasteiger partial charge in [-0.3, -0.25) is 0 Å². The van der Waals surface area contributed by atoms with Gasteiger partial charge in [-0.05, 0) is 25.1 Å². The van der Waals surface area contributed by atoms with Gasteiger partial charge in [-0.25, -0.2) is 9.97 Å². The molecule has 18 heavy (non-hydrogen) atoms. The van der Waals surface area contributed by atoms with Crippen LogP contribution in [0.4, 0.5) is 5.82 Å². The fraction of sp³-hybridized carbons (Fsp3) is 0.231. The second kappa shape index (κ2) is 4.91. The molecule has 1 heterocycles. The summed E-state index contributed by atoms with van der Waals surface area (Å²) in [5.74, 6) is 2.51. The summed E-state index contributed by atoms with van der Waals surface area (Å²) in [6.07, 6.45) is 0. The van der Waals surface area contributed by atoms with Crippen LogP contribution in [0.25, 0.3) is 11.3 Å². The monoisotopic (exact) mass is 245 g/mol. The molecule has 5 nitrogen and oxygen atoms in total. The van der Waals surface area contributed by atoms with Gasteiger partial charge in [0.1, 0.15) is 23.1 Å². The number of benzene rings is 1. The molecule has 2 aromatic rings. The van der Waals surface area contributed by atoms with E-state index in [1.807, 2.05) is 18.2 Å². The van der Waals surface area contributed by atoms with Gasteiger partial charge in [0, 0.05) is 11.6 Å². The summed E-state index contributed by atoms with van der Waals surface area (Å²) in [7, 11) is 3.23. The van der Waals surface area contributed by atoms with Gasteiger partial charge in [-0.2, -0.15) is 0 Å². The second-order valence-corrected chi connectivity index (χ2v) is 3.79. The molecular weight excluding hydrogens is 230 g/mol. The van der Waals surface area contributed by atoms with E-state index >= 15 is 0 Å². The smallest absolute Gasteiger partial charge is 0.128 e. The Morgan fingerprint density at radius 1 is 1.06 bits per heavy atom. The molecule has 0 fully saturated rings. The number of rotatable bonds is 3. The first kappa shape index (κ1) is 12.2. The predicted octanol–water partition coefficient (Wildman–Crippen LogP) is 2.05. The maximum Gasteiger partial charge on any atom is 0.128 e. The Morgan fingerprint density at radius 2 is 1.83 bits per heavy atom. The van der Waals surface area contributed by atoms with E-state index in [1.54, 1.807) is 27.2 Å². The van der Waals surface area contributed by atoms with Gasteiger partial charge in [0.2, 0.25) is 0 Å². The molecule has 0 amide bonds. The van der Waals surface area contributed by atoms with Gasteiger partial charge in [0.25, 0.3) is 0 Å². The minimum absolute atomic E-state index is 0.433. The van der Waals surface area contributed by atoms with Crippen LogP contribution in [0.1, 0.15) is 5.82 Å². The zero-order chi connectivity index (χ0) is 13.1. The maximum atomic E-state index is 5.74. The molecule has 0 aliphatic heterocycles. The summed E-state index contributed by atoms with van der Waals surface area (Å²) in [6.45, 7) is 1.80. The lowest BCUT2D eigenvalue weighted by molar-refractivity contribution is 0.404. The maximum absolute atomic E-state index is 5.74. The van der Waals surface area contributed by atoms with Crippen LogP contribution in [0, 0.1) is 6.92 Å². The Hall–Kier alpha value is -2.30. The van der Waals surface area contributed by atoms with Crippen molar-refractivity contribution in [1.82, 2.24) is 9.97 Å². The third-order valence-corrected chi connectivity index (χ3v) is 2.54. The van der Waals surface area contributed by atoms with Crippen molar-refractivity contribution >= 4 is 5.82 Å². The van der Waals surface area contributed by atoms with Crippen LogP contribution < -0.4 is 15.2 Å². The summed E-state index contributed by atoms with van der Waals surface area (Å²) >= 11 is 0. The Balaban J connectivity index is 2.60. The van der Waals surface area contributed by atoms with Crippen molar-refractivity contribution in [3.63, 3.8) is 0 Å². The lowest BCUT2D eigenvalue weighted by atomic mass is 10.1. The number of hydrogen-bond donors (Lipinski definition) is 1. The molecule has 94 valence electrons. The summed E-state index contributed by atoms with van der Waals surface area (Å²) in [5, 5.41) is 0. The molecule has 0 unspecified atom stereocenters. The number of aryl methyl sites for hydroxylation is 1. The number of aromatic nitrogens is 2. The third kappa shape index (κ3) is 2.34. The standard InChI is InChI=1S/C13H15N3O2/c1-8-15-11(7-13(14)16-8)10-6-9(17-2)4-5-12(10)18-3/h4-7H,1-3H3,(H2,14,15,16). The molecule has 2 rings (SSSR count). The zero-order valence-corrected chi connectivity index (χ0v) is 10.6. The highest BCUT2D eigenvalue weighted by Gasteiger charge is 2.10. The number of methoxy groups -OCH3 is 2. The molecule has 1 aromatic carbocycles. The van der Waals surface area contributed by atoms with Crippen molar-refractivity contribution in [2.24, 2.45) is 0 Å². The normalized spacial score (nSPS) is 10.2. The van der Waals surface area contributed by atoms with Gasteiger partial charge in [-0.15, -0.1) is 0 Å². The molecule has 5 heteroatoms.